The van der Waals surface area contributed by atoms with E-state index >= 15 is 0 Å². The van der Waals surface area contributed by atoms with Crippen LogP contribution < -0.4 is 19.7 Å². The van der Waals surface area contributed by atoms with Crippen molar-refractivity contribution in [3.63, 3.8) is 0 Å². The molecule has 2 aromatic carbocycles. The number of rotatable bonds is 3. The maximum absolute atomic E-state index is 14.2. The zero-order chi connectivity index (χ0) is 37.1. The summed E-state index contributed by atoms with van der Waals surface area (Å²) < 4.78 is 48.4. The van der Waals surface area contributed by atoms with Gasteiger partial charge in [-0.3, -0.25) is 9.59 Å². The molecular weight excluding hydrogens is 716 g/mol. The summed E-state index contributed by atoms with van der Waals surface area (Å²) in [6.07, 6.45) is 11.1. The minimum absolute atomic E-state index is 0.0881. The smallest absolute Gasteiger partial charge is 0.264 e. The molecule has 7 atom stereocenters. The van der Waals surface area contributed by atoms with Gasteiger partial charge in [-0.05, 0) is 98.8 Å². The van der Waals surface area contributed by atoms with Crippen molar-refractivity contribution in [3.05, 3.63) is 87.3 Å². The highest BCUT2D eigenvalue weighted by Crippen LogP contribution is 2.51. The number of aldehydes is 1. The number of benzene rings is 2. The molecule has 1 fully saturated rings. The molecule has 1 unspecified atom stereocenters. The molecule has 2 N–H and O–H groups in total. The number of sulfonamides is 1. The van der Waals surface area contributed by atoms with E-state index in [1.165, 1.54) is 11.1 Å². The number of ether oxygens (including phenoxy) is 2. The predicted molar refractivity (Wildman–Crippen MR) is 201 cm³/mol. The van der Waals surface area contributed by atoms with Gasteiger partial charge in [-0.2, -0.15) is 0 Å². The minimum Gasteiger partial charge on any atom is -0.490 e. The summed E-state index contributed by atoms with van der Waals surface area (Å²) in [6.45, 7) is 6.11. The van der Waals surface area contributed by atoms with Crippen molar-refractivity contribution in [3.8, 4) is 5.75 Å². The summed E-state index contributed by atoms with van der Waals surface area (Å²) in [5.41, 5.74) is 4.18. The lowest BCUT2D eigenvalue weighted by molar-refractivity contribution is -0.135. The van der Waals surface area contributed by atoms with E-state index in [4.69, 9.17) is 25.6 Å². The van der Waals surface area contributed by atoms with E-state index in [2.05, 4.69) is 32.2 Å². The molecular formula is C40H47ClN4O7S. The highest BCUT2D eigenvalue weighted by molar-refractivity contribution is 7.90. The zero-order valence-corrected chi connectivity index (χ0v) is 32.0. The van der Waals surface area contributed by atoms with Crippen LogP contribution >= 0.6 is 11.6 Å². The molecule has 1 amide bonds. The van der Waals surface area contributed by atoms with E-state index in [1.54, 1.807) is 32.4 Å². The molecule has 4 heterocycles. The van der Waals surface area contributed by atoms with Gasteiger partial charge < -0.3 is 24.2 Å². The Labute approximate surface area is 315 Å². The predicted octanol–water partition coefficient (Wildman–Crippen LogP) is 5.69. The van der Waals surface area contributed by atoms with Gasteiger partial charge in [0.1, 0.15) is 17.6 Å². The quantitative estimate of drug-likeness (QED) is 0.253. The van der Waals surface area contributed by atoms with E-state index in [9.17, 15) is 18.0 Å². The standard InChI is InChI=1S/C40H47ClN4O7S/c1-24-6-4-13-40(22-46,50-3)34-10-8-27(34)19-45-21-39(12-5-7-26-14-30(41)9-11-33(26)39)23-51-37-31(32-18-42-17-29-20-52-43-36(29)32)15-28(16-35(37)45)38(47)44-53(48,49)25(24)2/h4,9,11,13-16,20,22,24-25,27,32,34,42H,5-8,10,12,17-19,21,23H2,1-3H3,(H,44,47)/b13-4+/t24-,25+,27-,32?,34+,39-,40+/m0/s1. The fraction of sp³-hybridized carbons (Fsp3) is 0.525. The maximum atomic E-state index is 14.2. The molecule has 0 saturated heterocycles. The van der Waals surface area contributed by atoms with Gasteiger partial charge in [-0.15, -0.1) is 0 Å². The molecule has 53 heavy (non-hydrogen) atoms. The average Bonchev–Trinajstić information content (AvgIpc) is 3.57. The number of allylic oxidation sites excluding steroid dienone is 1. The Morgan fingerprint density at radius 1 is 1.15 bits per heavy atom. The molecule has 1 aromatic heterocycles. The van der Waals surface area contributed by atoms with Gasteiger partial charge in [0, 0.05) is 72.3 Å². The number of halogens is 1. The second-order valence-electron chi connectivity index (χ2n) is 15.8. The Bertz CT molecular complexity index is 2070. The third kappa shape index (κ3) is 6.29. The highest BCUT2D eigenvalue weighted by Gasteiger charge is 2.50. The summed E-state index contributed by atoms with van der Waals surface area (Å²) >= 11 is 6.52. The van der Waals surface area contributed by atoms with Crippen LogP contribution in [0, 0.1) is 17.8 Å². The van der Waals surface area contributed by atoms with Gasteiger partial charge >= 0.3 is 0 Å². The number of aromatic nitrogens is 1. The monoisotopic (exact) mass is 762 g/mol. The number of aryl methyl sites for hydroxylation is 1. The van der Waals surface area contributed by atoms with E-state index in [0.717, 1.165) is 55.2 Å². The number of hydrogen-bond donors (Lipinski definition) is 2. The highest BCUT2D eigenvalue weighted by atomic mass is 35.5. The van der Waals surface area contributed by atoms with Gasteiger partial charge in [0.2, 0.25) is 10.0 Å². The van der Waals surface area contributed by atoms with Crippen molar-refractivity contribution in [2.45, 2.75) is 81.1 Å². The molecule has 8 rings (SSSR count). The number of anilines is 1. The Morgan fingerprint density at radius 3 is 2.77 bits per heavy atom. The molecule has 13 heteroatoms. The fourth-order valence-electron chi connectivity index (χ4n) is 9.46. The summed E-state index contributed by atoms with van der Waals surface area (Å²) in [5, 5.41) is 7.67. The number of nitrogens with zero attached hydrogens (tertiary/aromatic N) is 2. The maximum Gasteiger partial charge on any atom is 0.264 e. The number of nitrogens with one attached hydrogen (secondary N) is 2. The lowest BCUT2D eigenvalue weighted by atomic mass is 9.64. The first kappa shape index (κ1) is 36.3. The van der Waals surface area contributed by atoms with Gasteiger partial charge in [0.05, 0.1) is 23.2 Å². The second kappa shape index (κ2) is 13.9. The van der Waals surface area contributed by atoms with Crippen LogP contribution in [0.3, 0.4) is 0 Å². The van der Waals surface area contributed by atoms with Crippen LogP contribution in [-0.2, 0) is 37.9 Å². The Hall–Kier alpha value is -3.71. The van der Waals surface area contributed by atoms with Crippen LogP contribution in [0.15, 0.2) is 53.3 Å². The van der Waals surface area contributed by atoms with E-state index < -0.39 is 32.2 Å². The number of hydrogen-bond acceptors (Lipinski definition) is 10. The molecule has 1 spiro atoms. The van der Waals surface area contributed by atoms with E-state index in [1.807, 2.05) is 25.1 Å². The van der Waals surface area contributed by atoms with E-state index in [0.29, 0.717) is 55.7 Å². The SMILES string of the molecule is CO[C@@]1(C=O)/C=C/C[C@H](C)[C@@H](C)S(=O)(=O)NC(=O)c2cc(C3CNCc4conc43)c3c(c2)N(C[C@@H]2CC[C@H]21)C[C@@]1(CCCc2cc(Cl)ccc21)CO3. The molecule has 3 aliphatic heterocycles. The third-order valence-electron chi connectivity index (χ3n) is 12.9. The Balaban J connectivity index is 1.33. The minimum atomic E-state index is -4.09. The van der Waals surface area contributed by atoms with Crippen molar-refractivity contribution in [2.75, 3.05) is 38.3 Å². The van der Waals surface area contributed by atoms with Crippen LogP contribution in [0.4, 0.5) is 5.69 Å². The molecule has 1 saturated carbocycles. The van der Waals surface area contributed by atoms with Crippen LogP contribution in [0.25, 0.3) is 0 Å². The molecule has 5 aliphatic rings. The molecule has 2 aliphatic carbocycles. The van der Waals surface area contributed by atoms with Crippen molar-refractivity contribution >= 4 is 39.5 Å². The average molecular weight is 763 g/mol. The summed E-state index contributed by atoms with van der Waals surface area (Å²) in [4.78, 5) is 29.5. The zero-order valence-electron chi connectivity index (χ0n) is 30.4. The van der Waals surface area contributed by atoms with Crippen molar-refractivity contribution < 1.29 is 32.0 Å². The van der Waals surface area contributed by atoms with Crippen molar-refractivity contribution in [2.24, 2.45) is 17.8 Å². The second-order valence-corrected chi connectivity index (χ2v) is 18.3. The van der Waals surface area contributed by atoms with Crippen LogP contribution in [0.1, 0.15) is 90.2 Å². The number of amides is 1. The number of carbonyl (C=O) groups excluding carboxylic acids is 2. The van der Waals surface area contributed by atoms with Crippen LogP contribution in [0.5, 0.6) is 5.75 Å². The molecule has 11 nitrogen and oxygen atoms in total. The molecule has 0 radical (unpaired) electrons. The van der Waals surface area contributed by atoms with Crippen molar-refractivity contribution in [1.29, 1.82) is 0 Å². The molecule has 3 aromatic rings. The summed E-state index contributed by atoms with van der Waals surface area (Å²) in [7, 11) is -2.52. The number of fused-ring (bicyclic) bond motifs is 5. The number of carbonyl (C=O) groups is 2. The topological polar surface area (TPSA) is 140 Å². The first-order valence-corrected chi connectivity index (χ1v) is 20.6. The molecule has 2 bridgehead atoms. The largest absolute Gasteiger partial charge is 0.490 e. The first-order valence-electron chi connectivity index (χ1n) is 18.7. The van der Waals surface area contributed by atoms with Crippen molar-refractivity contribution in [1.82, 2.24) is 15.2 Å². The Kier molecular flexibility index (Phi) is 9.48. The Morgan fingerprint density at radius 2 is 2.00 bits per heavy atom. The molecule has 282 valence electrons. The van der Waals surface area contributed by atoms with Gasteiger partial charge in [0.25, 0.3) is 5.91 Å². The van der Waals surface area contributed by atoms with Crippen LogP contribution in [0.2, 0.25) is 5.02 Å². The van der Waals surface area contributed by atoms with Gasteiger partial charge in [-0.25, -0.2) is 13.1 Å². The summed E-state index contributed by atoms with van der Waals surface area (Å²) in [6, 6.07) is 9.68. The van der Waals surface area contributed by atoms with E-state index in [-0.39, 0.29) is 29.2 Å². The fourth-order valence-corrected chi connectivity index (χ4v) is 10.9. The normalized spacial score (nSPS) is 32.9. The summed E-state index contributed by atoms with van der Waals surface area (Å²) in [5.74, 6) is -0.749. The lowest BCUT2D eigenvalue weighted by Crippen LogP contribution is -2.53. The third-order valence-corrected chi connectivity index (χ3v) is 15.0. The first-order chi connectivity index (χ1) is 25.5. The van der Waals surface area contributed by atoms with Gasteiger partial charge in [0.15, 0.2) is 6.29 Å². The lowest BCUT2D eigenvalue weighted by Gasteiger charge is -2.48. The van der Waals surface area contributed by atoms with Gasteiger partial charge in [-0.1, -0.05) is 35.8 Å². The van der Waals surface area contributed by atoms with Crippen LogP contribution in [-0.4, -0.2) is 70.0 Å². The number of methoxy groups -OCH3 is 1.